The lowest BCUT2D eigenvalue weighted by molar-refractivity contribution is -0.131. The number of hydrogen-bond donors (Lipinski definition) is 1. The molecule has 0 amide bonds. The number of halogens is 2. The topological polar surface area (TPSA) is 87.4 Å². The largest absolute Gasteiger partial charge is 0.478 e. The highest BCUT2D eigenvalue weighted by Gasteiger charge is 2.15. The molecule has 0 saturated carbocycles. The minimum absolute atomic E-state index is 0.0471. The molecule has 1 aromatic carbocycles. The van der Waals surface area contributed by atoms with E-state index < -0.39 is 12.6 Å². The zero-order chi connectivity index (χ0) is 14.4. The van der Waals surface area contributed by atoms with Crippen molar-refractivity contribution in [3.05, 3.63) is 34.9 Å². The molecule has 0 aliphatic rings. The van der Waals surface area contributed by atoms with Crippen LogP contribution in [-0.2, 0) is 4.79 Å². The van der Waals surface area contributed by atoms with E-state index >= 15 is 0 Å². The van der Waals surface area contributed by atoms with Gasteiger partial charge in [0.05, 0.1) is 5.56 Å². The number of nitriles is 1. The summed E-state index contributed by atoms with van der Waals surface area (Å²) in [6.45, 7) is -3.13. The molecule has 1 aromatic rings. The van der Waals surface area contributed by atoms with Crippen molar-refractivity contribution in [1.29, 1.82) is 5.26 Å². The molecule has 0 aliphatic carbocycles. The van der Waals surface area contributed by atoms with Gasteiger partial charge in [-0.2, -0.15) is 14.0 Å². The highest BCUT2D eigenvalue weighted by atomic mass is 19.3. The van der Waals surface area contributed by atoms with Crippen LogP contribution in [0.2, 0.25) is 0 Å². The summed E-state index contributed by atoms with van der Waals surface area (Å²) >= 11 is 0. The number of carbonyl (C=O) groups is 2. The number of aliphatic carboxylic acids is 1. The Morgan fingerprint density at radius 3 is 2.63 bits per heavy atom. The first-order chi connectivity index (χ1) is 8.99. The summed E-state index contributed by atoms with van der Waals surface area (Å²) in [6.07, 6.45) is 1.94. The smallest absolute Gasteiger partial charge is 0.387 e. The molecule has 0 radical (unpaired) electrons. The number of benzene rings is 1. The minimum atomic E-state index is -3.13. The van der Waals surface area contributed by atoms with Crippen LogP contribution in [0.3, 0.4) is 0 Å². The second-order valence-electron chi connectivity index (χ2n) is 3.22. The number of alkyl halides is 2. The number of nitrogens with zero attached hydrogens (tertiary/aromatic N) is 1. The van der Waals surface area contributed by atoms with Crippen LogP contribution in [-0.4, -0.2) is 24.0 Å². The standard InChI is InChI=1S/C12H7F2NO4/c13-12(14)19-10-3-1-7(6-16)9(5-15)8(10)2-4-11(17)18/h1-4,6,12H,(H,17,18)/b4-2+. The lowest BCUT2D eigenvalue weighted by Gasteiger charge is -2.10. The quantitative estimate of drug-likeness (QED) is 0.651. The van der Waals surface area contributed by atoms with Crippen LogP contribution in [0.25, 0.3) is 6.08 Å². The Bertz CT molecular complexity index is 576. The molecule has 19 heavy (non-hydrogen) atoms. The van der Waals surface area contributed by atoms with Crippen molar-refractivity contribution in [2.45, 2.75) is 6.61 Å². The molecule has 0 atom stereocenters. The van der Waals surface area contributed by atoms with E-state index in [0.717, 1.165) is 18.2 Å². The lowest BCUT2D eigenvalue weighted by atomic mass is 10.0. The van der Waals surface area contributed by atoms with E-state index in [2.05, 4.69) is 4.74 Å². The molecule has 1 rings (SSSR count). The molecule has 0 aromatic heterocycles. The van der Waals surface area contributed by atoms with E-state index in [-0.39, 0.29) is 22.4 Å². The van der Waals surface area contributed by atoms with Gasteiger partial charge in [0, 0.05) is 17.2 Å². The minimum Gasteiger partial charge on any atom is -0.478 e. The Labute approximate surface area is 106 Å². The van der Waals surface area contributed by atoms with Gasteiger partial charge in [-0.25, -0.2) is 4.79 Å². The van der Waals surface area contributed by atoms with Crippen LogP contribution < -0.4 is 4.74 Å². The maximum Gasteiger partial charge on any atom is 0.387 e. The molecular weight excluding hydrogens is 260 g/mol. The third kappa shape index (κ3) is 3.61. The summed E-state index contributed by atoms with van der Waals surface area (Å²) in [6, 6.07) is 3.86. The van der Waals surface area contributed by atoms with Gasteiger partial charge in [0.1, 0.15) is 11.8 Å². The number of hydrogen-bond acceptors (Lipinski definition) is 4. The van der Waals surface area contributed by atoms with E-state index in [0.29, 0.717) is 12.4 Å². The second-order valence-corrected chi connectivity index (χ2v) is 3.22. The van der Waals surface area contributed by atoms with Crippen molar-refractivity contribution in [2.24, 2.45) is 0 Å². The Morgan fingerprint density at radius 1 is 1.47 bits per heavy atom. The van der Waals surface area contributed by atoms with E-state index in [9.17, 15) is 18.4 Å². The van der Waals surface area contributed by atoms with Gasteiger partial charge in [-0.15, -0.1) is 0 Å². The molecule has 0 fully saturated rings. The van der Waals surface area contributed by atoms with E-state index in [1.165, 1.54) is 0 Å². The van der Waals surface area contributed by atoms with Crippen molar-refractivity contribution >= 4 is 18.3 Å². The first-order valence-corrected chi connectivity index (χ1v) is 4.87. The van der Waals surface area contributed by atoms with Crippen LogP contribution in [0.4, 0.5) is 8.78 Å². The SMILES string of the molecule is N#Cc1c(C=O)ccc(OC(F)F)c1/C=C/C(=O)O. The first-order valence-electron chi connectivity index (χ1n) is 4.87. The van der Waals surface area contributed by atoms with Crippen molar-refractivity contribution < 1.29 is 28.2 Å². The molecule has 0 unspecified atom stereocenters. The maximum absolute atomic E-state index is 12.2. The van der Waals surface area contributed by atoms with Gasteiger partial charge in [0.15, 0.2) is 6.29 Å². The number of carboxylic acid groups (broad SMARTS) is 1. The van der Waals surface area contributed by atoms with Crippen molar-refractivity contribution in [1.82, 2.24) is 0 Å². The van der Waals surface area contributed by atoms with Gasteiger partial charge in [0.2, 0.25) is 0 Å². The number of carboxylic acids is 1. The van der Waals surface area contributed by atoms with Crippen molar-refractivity contribution in [3.8, 4) is 11.8 Å². The summed E-state index contributed by atoms with van der Waals surface area (Å²) < 4.78 is 28.6. The fraction of sp³-hybridized carbons (Fsp3) is 0.0833. The van der Waals surface area contributed by atoms with Gasteiger partial charge in [-0.05, 0) is 18.2 Å². The second kappa shape index (κ2) is 6.26. The Kier molecular flexibility index (Phi) is 4.71. The lowest BCUT2D eigenvalue weighted by Crippen LogP contribution is -2.05. The molecule has 0 heterocycles. The Morgan fingerprint density at radius 2 is 2.16 bits per heavy atom. The number of ether oxygens (including phenoxy) is 1. The summed E-state index contributed by atoms with van der Waals surface area (Å²) in [5.74, 6) is -1.71. The van der Waals surface area contributed by atoms with Gasteiger partial charge in [-0.3, -0.25) is 4.79 Å². The van der Waals surface area contributed by atoms with Gasteiger partial charge in [0.25, 0.3) is 0 Å². The molecule has 5 nitrogen and oxygen atoms in total. The predicted molar refractivity (Wildman–Crippen MR) is 59.8 cm³/mol. The van der Waals surface area contributed by atoms with E-state index in [1.54, 1.807) is 6.07 Å². The summed E-state index contributed by atoms with van der Waals surface area (Å²) in [5.41, 5.74) is -0.463. The number of carbonyl (C=O) groups excluding carboxylic acids is 1. The predicted octanol–water partition coefficient (Wildman–Crippen LogP) is 2.07. The highest BCUT2D eigenvalue weighted by molar-refractivity contribution is 5.89. The molecular formula is C12H7F2NO4. The number of aldehydes is 1. The molecule has 98 valence electrons. The first kappa shape index (κ1) is 14.3. The molecule has 1 N–H and O–H groups in total. The highest BCUT2D eigenvalue weighted by Crippen LogP contribution is 2.27. The average Bonchev–Trinajstić information content (AvgIpc) is 2.35. The fourth-order valence-electron chi connectivity index (χ4n) is 1.36. The van der Waals surface area contributed by atoms with Crippen LogP contribution in [0, 0.1) is 11.3 Å². The zero-order valence-corrected chi connectivity index (χ0v) is 9.34. The molecule has 0 saturated heterocycles. The summed E-state index contributed by atoms with van der Waals surface area (Å²) in [7, 11) is 0. The molecule has 0 bridgehead atoms. The normalized spacial score (nSPS) is 10.4. The van der Waals surface area contributed by atoms with Gasteiger partial charge in [-0.1, -0.05) is 0 Å². The van der Waals surface area contributed by atoms with Gasteiger partial charge >= 0.3 is 12.6 Å². The third-order valence-corrected chi connectivity index (χ3v) is 2.09. The van der Waals surface area contributed by atoms with Crippen molar-refractivity contribution in [2.75, 3.05) is 0 Å². The van der Waals surface area contributed by atoms with E-state index in [4.69, 9.17) is 10.4 Å². The average molecular weight is 267 g/mol. The number of rotatable bonds is 5. The van der Waals surface area contributed by atoms with Crippen LogP contribution in [0.5, 0.6) is 5.75 Å². The molecule has 0 spiro atoms. The zero-order valence-electron chi connectivity index (χ0n) is 9.34. The Balaban J connectivity index is 3.44. The Hall–Kier alpha value is -2.75. The van der Waals surface area contributed by atoms with Crippen LogP contribution in [0.15, 0.2) is 18.2 Å². The monoisotopic (exact) mass is 267 g/mol. The third-order valence-electron chi connectivity index (χ3n) is 2.09. The summed E-state index contributed by atoms with van der Waals surface area (Å²) in [5, 5.41) is 17.4. The van der Waals surface area contributed by atoms with Crippen LogP contribution >= 0.6 is 0 Å². The van der Waals surface area contributed by atoms with Gasteiger partial charge < -0.3 is 9.84 Å². The van der Waals surface area contributed by atoms with E-state index in [1.807, 2.05) is 0 Å². The van der Waals surface area contributed by atoms with Crippen LogP contribution in [0.1, 0.15) is 21.5 Å². The molecule has 0 aliphatic heterocycles. The van der Waals surface area contributed by atoms with Crippen molar-refractivity contribution in [3.63, 3.8) is 0 Å². The summed E-state index contributed by atoms with van der Waals surface area (Å²) in [4.78, 5) is 21.2. The maximum atomic E-state index is 12.2. The fourth-order valence-corrected chi connectivity index (χ4v) is 1.36. The molecule has 7 heteroatoms.